The smallest absolute Gasteiger partial charge is 0.243 e. The first-order chi connectivity index (χ1) is 17.1. The molecule has 0 bridgehead atoms. The number of benzene rings is 4. The Morgan fingerprint density at radius 1 is 0.714 bits per heavy atom. The van der Waals surface area contributed by atoms with Crippen molar-refractivity contribution < 1.29 is 8.42 Å². The summed E-state index contributed by atoms with van der Waals surface area (Å²) in [7, 11) is -3.56. The third-order valence-electron chi connectivity index (χ3n) is 7.00. The van der Waals surface area contributed by atoms with E-state index in [1.807, 2.05) is 24.3 Å². The van der Waals surface area contributed by atoms with E-state index in [2.05, 4.69) is 60.7 Å². The number of sulfonamides is 1. The number of piperidine rings is 1. The molecule has 0 aromatic heterocycles. The highest BCUT2D eigenvalue weighted by atomic mass is 32.2. The van der Waals surface area contributed by atoms with Gasteiger partial charge in [-0.2, -0.15) is 4.31 Å². The molecule has 2 unspecified atom stereocenters. The molecule has 4 aromatic rings. The number of rotatable bonds is 6. The van der Waals surface area contributed by atoms with E-state index in [0.29, 0.717) is 24.5 Å². The molecular formula is C30H30N2O2S. The number of hydrogen-bond acceptors (Lipinski definition) is 3. The molecule has 1 fully saturated rings. The van der Waals surface area contributed by atoms with E-state index in [-0.39, 0.29) is 11.8 Å². The first-order valence-corrected chi connectivity index (χ1v) is 13.5. The Morgan fingerprint density at radius 3 is 2.06 bits per heavy atom. The molecule has 4 nitrogen and oxygen atoms in total. The Kier molecular flexibility index (Phi) is 6.82. The van der Waals surface area contributed by atoms with Gasteiger partial charge in [0, 0.05) is 25.6 Å². The lowest BCUT2D eigenvalue weighted by Crippen LogP contribution is -2.42. The molecule has 1 aliphatic rings. The molecule has 0 aliphatic carbocycles. The molecule has 0 saturated carbocycles. The van der Waals surface area contributed by atoms with Crippen LogP contribution >= 0.6 is 0 Å². The van der Waals surface area contributed by atoms with Crippen LogP contribution in [0, 0.1) is 0 Å². The second kappa shape index (κ2) is 10.2. The van der Waals surface area contributed by atoms with Gasteiger partial charge in [-0.15, -0.1) is 0 Å². The second-order valence-corrected chi connectivity index (χ2v) is 11.1. The maximum absolute atomic E-state index is 13.5. The molecule has 1 saturated heterocycles. The van der Waals surface area contributed by atoms with Crippen LogP contribution in [0.4, 0.5) is 0 Å². The lowest BCUT2D eigenvalue weighted by molar-refractivity contribution is 0.285. The quantitative estimate of drug-likeness (QED) is 0.379. The molecule has 4 aromatic carbocycles. The number of hydrogen-bond donors (Lipinski definition) is 1. The van der Waals surface area contributed by atoms with Crippen molar-refractivity contribution in [2.75, 3.05) is 13.1 Å². The minimum atomic E-state index is -3.56. The third-order valence-corrected chi connectivity index (χ3v) is 8.87. The molecular weight excluding hydrogens is 452 g/mol. The van der Waals surface area contributed by atoms with Gasteiger partial charge >= 0.3 is 0 Å². The van der Waals surface area contributed by atoms with Crippen LogP contribution in [0.25, 0.3) is 11.1 Å². The van der Waals surface area contributed by atoms with Crippen LogP contribution in [-0.2, 0) is 16.6 Å². The summed E-state index contributed by atoms with van der Waals surface area (Å²) in [5, 5.41) is 0. The Labute approximate surface area is 208 Å². The summed E-state index contributed by atoms with van der Waals surface area (Å²) in [5.74, 6) is 0.284. The first-order valence-electron chi connectivity index (χ1n) is 12.1. The summed E-state index contributed by atoms with van der Waals surface area (Å²) in [6.45, 7) is 1.45. The molecule has 5 rings (SSSR count). The molecule has 1 aliphatic heterocycles. The molecule has 35 heavy (non-hydrogen) atoms. The van der Waals surface area contributed by atoms with Crippen molar-refractivity contribution >= 4 is 10.0 Å². The lowest BCUT2D eigenvalue weighted by atomic mass is 9.77. The molecule has 0 amide bonds. The number of nitrogens with two attached hydrogens (primary N) is 1. The summed E-state index contributed by atoms with van der Waals surface area (Å²) in [6.07, 6.45) is 0.771. The fourth-order valence-electron chi connectivity index (χ4n) is 5.15. The highest BCUT2D eigenvalue weighted by Gasteiger charge is 2.37. The van der Waals surface area contributed by atoms with Crippen molar-refractivity contribution in [3.05, 3.63) is 126 Å². The largest absolute Gasteiger partial charge is 0.326 e. The van der Waals surface area contributed by atoms with Gasteiger partial charge in [0.15, 0.2) is 0 Å². The standard InChI is InChI=1S/C30H30N2O2S/c31-21-23-9-7-12-25(19-23)26-13-8-14-27(20-26)30-22-32(35(33,34)28-15-5-2-6-16-28)18-17-29(30)24-10-3-1-4-11-24/h1-16,19-20,29-30H,17-18,21-22,31H2. The van der Waals surface area contributed by atoms with Crippen molar-refractivity contribution in [2.45, 2.75) is 29.7 Å². The minimum absolute atomic E-state index is 0.0438. The van der Waals surface area contributed by atoms with Crippen LogP contribution in [0.3, 0.4) is 0 Å². The van der Waals surface area contributed by atoms with Gasteiger partial charge in [0.2, 0.25) is 10.0 Å². The van der Waals surface area contributed by atoms with Crippen LogP contribution < -0.4 is 5.73 Å². The third kappa shape index (κ3) is 4.94. The molecule has 1 heterocycles. The van der Waals surface area contributed by atoms with Gasteiger partial charge in [-0.05, 0) is 58.4 Å². The van der Waals surface area contributed by atoms with Crippen molar-refractivity contribution in [2.24, 2.45) is 5.73 Å². The highest BCUT2D eigenvalue weighted by Crippen LogP contribution is 2.42. The van der Waals surface area contributed by atoms with Gasteiger partial charge in [0.25, 0.3) is 0 Å². The predicted octanol–water partition coefficient (Wildman–Crippen LogP) is 5.77. The van der Waals surface area contributed by atoms with E-state index in [1.165, 1.54) is 5.56 Å². The van der Waals surface area contributed by atoms with Crippen LogP contribution in [0.1, 0.15) is 34.9 Å². The van der Waals surface area contributed by atoms with Gasteiger partial charge in [0.1, 0.15) is 0 Å². The number of nitrogens with zero attached hydrogens (tertiary/aromatic N) is 1. The minimum Gasteiger partial charge on any atom is -0.326 e. The summed E-state index contributed by atoms with van der Waals surface area (Å²) in [4.78, 5) is 0.351. The Bertz CT molecular complexity index is 1390. The van der Waals surface area contributed by atoms with Crippen molar-refractivity contribution in [3.63, 3.8) is 0 Å². The zero-order valence-corrected chi connectivity index (χ0v) is 20.4. The van der Waals surface area contributed by atoms with Crippen LogP contribution in [0.15, 0.2) is 114 Å². The highest BCUT2D eigenvalue weighted by molar-refractivity contribution is 7.89. The van der Waals surface area contributed by atoms with Crippen molar-refractivity contribution in [1.82, 2.24) is 4.31 Å². The van der Waals surface area contributed by atoms with E-state index in [4.69, 9.17) is 5.73 Å². The Balaban J connectivity index is 1.53. The fourth-order valence-corrected chi connectivity index (χ4v) is 6.65. The molecule has 2 N–H and O–H groups in total. The van der Waals surface area contributed by atoms with Crippen LogP contribution in [0.5, 0.6) is 0 Å². The molecule has 0 spiro atoms. The van der Waals surface area contributed by atoms with E-state index in [0.717, 1.165) is 28.7 Å². The topological polar surface area (TPSA) is 63.4 Å². The Hall–Kier alpha value is -3.25. The van der Waals surface area contributed by atoms with E-state index in [9.17, 15) is 8.42 Å². The van der Waals surface area contributed by atoms with E-state index < -0.39 is 10.0 Å². The van der Waals surface area contributed by atoms with Crippen molar-refractivity contribution in [3.8, 4) is 11.1 Å². The van der Waals surface area contributed by atoms with Gasteiger partial charge in [-0.25, -0.2) is 8.42 Å². The van der Waals surface area contributed by atoms with Gasteiger partial charge in [-0.1, -0.05) is 91.0 Å². The molecule has 5 heteroatoms. The summed E-state index contributed by atoms with van der Waals surface area (Å²) in [6, 6.07) is 36.1. The molecule has 178 valence electrons. The molecule has 0 radical (unpaired) electrons. The SMILES string of the molecule is NCc1cccc(-c2cccc(C3CN(S(=O)(=O)c4ccccc4)CCC3c3ccccc3)c2)c1. The second-order valence-electron chi connectivity index (χ2n) is 9.12. The maximum Gasteiger partial charge on any atom is 0.243 e. The Morgan fingerprint density at radius 2 is 1.34 bits per heavy atom. The fraction of sp³-hybridized carbons (Fsp3) is 0.200. The average Bonchev–Trinajstić information content (AvgIpc) is 2.94. The first kappa shape index (κ1) is 23.5. The summed E-state index contributed by atoms with van der Waals surface area (Å²) < 4.78 is 28.6. The normalized spacial score (nSPS) is 18.9. The van der Waals surface area contributed by atoms with Gasteiger partial charge in [-0.3, -0.25) is 0 Å². The predicted molar refractivity (Wildman–Crippen MR) is 142 cm³/mol. The van der Waals surface area contributed by atoms with Crippen molar-refractivity contribution in [1.29, 1.82) is 0 Å². The summed E-state index contributed by atoms with van der Waals surface area (Å²) in [5.41, 5.74) is 11.6. The van der Waals surface area contributed by atoms with Gasteiger partial charge < -0.3 is 5.73 Å². The van der Waals surface area contributed by atoms with E-state index in [1.54, 1.807) is 28.6 Å². The maximum atomic E-state index is 13.5. The van der Waals surface area contributed by atoms with E-state index >= 15 is 0 Å². The van der Waals surface area contributed by atoms with Crippen LogP contribution in [-0.4, -0.2) is 25.8 Å². The zero-order chi connectivity index (χ0) is 24.3. The zero-order valence-electron chi connectivity index (χ0n) is 19.6. The molecule has 2 atom stereocenters. The summed E-state index contributed by atoms with van der Waals surface area (Å²) >= 11 is 0. The monoisotopic (exact) mass is 482 g/mol. The van der Waals surface area contributed by atoms with Gasteiger partial charge in [0.05, 0.1) is 4.90 Å². The average molecular weight is 483 g/mol. The van der Waals surface area contributed by atoms with Crippen LogP contribution in [0.2, 0.25) is 0 Å². The lowest BCUT2D eigenvalue weighted by Gasteiger charge is -2.38.